The minimum atomic E-state index is -0.513. The third-order valence-corrected chi connectivity index (χ3v) is 3.41. The van der Waals surface area contributed by atoms with Gasteiger partial charge in [-0.25, -0.2) is 0 Å². The Morgan fingerprint density at radius 2 is 2.10 bits per heavy atom. The average Bonchev–Trinajstić information content (AvgIpc) is 2.46. The summed E-state index contributed by atoms with van der Waals surface area (Å²) in [5.41, 5.74) is 1.07. The molecule has 5 heteroatoms. The van der Waals surface area contributed by atoms with Gasteiger partial charge in [-0.05, 0) is 39.3 Å². The molecule has 0 spiro atoms. The summed E-state index contributed by atoms with van der Waals surface area (Å²) in [4.78, 5) is 25.3. The Labute approximate surface area is 124 Å². The van der Waals surface area contributed by atoms with E-state index in [1.54, 1.807) is 17.0 Å². The first-order valence-corrected chi connectivity index (χ1v) is 7.29. The molecule has 0 aromatic heterocycles. The lowest BCUT2D eigenvalue weighted by atomic mass is 10.1. The Morgan fingerprint density at radius 3 is 2.62 bits per heavy atom. The predicted octanol–water partition coefficient (Wildman–Crippen LogP) is 2.81. The number of benzene rings is 1. The summed E-state index contributed by atoms with van der Waals surface area (Å²) in [6.07, 6.45) is 0.821. The van der Waals surface area contributed by atoms with Crippen LogP contribution in [0.5, 0.6) is 11.5 Å². The molecule has 1 unspecified atom stereocenters. The maximum absolute atomic E-state index is 12.5. The maximum Gasteiger partial charge on any atom is 0.268 e. The SMILES string of the molecule is CCOc1cc(C=O)cc2c1OC(CC)C(=O)N2C(C)C. The van der Waals surface area contributed by atoms with Crippen molar-refractivity contribution < 1.29 is 19.1 Å². The Balaban J connectivity index is 2.63. The van der Waals surface area contributed by atoms with Crippen molar-refractivity contribution in [2.75, 3.05) is 11.5 Å². The van der Waals surface area contributed by atoms with Gasteiger partial charge in [0.05, 0.1) is 12.3 Å². The van der Waals surface area contributed by atoms with Gasteiger partial charge >= 0.3 is 0 Å². The molecule has 0 radical (unpaired) electrons. The summed E-state index contributed by atoms with van der Waals surface area (Å²) < 4.78 is 11.4. The summed E-state index contributed by atoms with van der Waals surface area (Å²) in [6.45, 7) is 8.11. The van der Waals surface area contributed by atoms with Gasteiger partial charge < -0.3 is 14.4 Å². The van der Waals surface area contributed by atoms with Crippen LogP contribution in [0.1, 0.15) is 44.5 Å². The molecule has 0 aliphatic carbocycles. The molecule has 1 aromatic carbocycles. The van der Waals surface area contributed by atoms with Crippen molar-refractivity contribution in [2.24, 2.45) is 0 Å². The Kier molecular flexibility index (Phi) is 4.50. The second kappa shape index (κ2) is 6.16. The molecule has 1 amide bonds. The molecular formula is C16H21NO4. The number of nitrogens with zero attached hydrogens (tertiary/aromatic N) is 1. The Bertz CT molecular complexity index is 553. The smallest absolute Gasteiger partial charge is 0.268 e. The van der Waals surface area contributed by atoms with Crippen molar-refractivity contribution in [1.29, 1.82) is 0 Å². The lowest BCUT2D eigenvalue weighted by molar-refractivity contribution is -0.126. The molecule has 0 N–H and O–H groups in total. The maximum atomic E-state index is 12.5. The van der Waals surface area contributed by atoms with Gasteiger partial charge in [-0.2, -0.15) is 0 Å². The van der Waals surface area contributed by atoms with Crippen LogP contribution in [0, 0.1) is 0 Å². The molecule has 0 fully saturated rings. The van der Waals surface area contributed by atoms with Gasteiger partial charge in [0.25, 0.3) is 5.91 Å². The molecule has 1 heterocycles. The van der Waals surface area contributed by atoms with E-state index >= 15 is 0 Å². The minimum absolute atomic E-state index is 0.0226. The summed E-state index contributed by atoms with van der Waals surface area (Å²) in [6, 6.07) is 3.30. The number of amides is 1. The molecule has 0 bridgehead atoms. The fourth-order valence-corrected chi connectivity index (χ4v) is 2.49. The van der Waals surface area contributed by atoms with Gasteiger partial charge in [-0.1, -0.05) is 6.92 Å². The van der Waals surface area contributed by atoms with E-state index in [9.17, 15) is 9.59 Å². The van der Waals surface area contributed by atoms with Gasteiger partial charge in [-0.15, -0.1) is 0 Å². The average molecular weight is 291 g/mol. The molecule has 0 saturated heterocycles. The van der Waals surface area contributed by atoms with E-state index in [4.69, 9.17) is 9.47 Å². The minimum Gasteiger partial charge on any atom is -0.490 e. The van der Waals surface area contributed by atoms with Gasteiger partial charge in [-0.3, -0.25) is 9.59 Å². The summed E-state index contributed by atoms with van der Waals surface area (Å²) in [7, 11) is 0. The van der Waals surface area contributed by atoms with E-state index in [2.05, 4.69) is 0 Å². The highest BCUT2D eigenvalue weighted by molar-refractivity contribution is 6.02. The van der Waals surface area contributed by atoms with E-state index in [1.165, 1.54) is 0 Å². The number of anilines is 1. The molecule has 0 saturated carbocycles. The van der Waals surface area contributed by atoms with Crippen LogP contribution in [0.15, 0.2) is 12.1 Å². The highest BCUT2D eigenvalue weighted by Crippen LogP contribution is 2.43. The standard InChI is InChI=1S/C16H21NO4/c1-5-13-16(19)17(10(3)4)12-7-11(9-18)8-14(20-6-2)15(12)21-13/h7-10,13H,5-6H2,1-4H3. The Morgan fingerprint density at radius 1 is 1.38 bits per heavy atom. The van der Waals surface area contributed by atoms with Crippen LogP contribution in [-0.4, -0.2) is 30.9 Å². The second-order valence-corrected chi connectivity index (χ2v) is 5.23. The fraction of sp³-hybridized carbons (Fsp3) is 0.500. The van der Waals surface area contributed by atoms with Crippen LogP contribution in [0.4, 0.5) is 5.69 Å². The number of ether oxygens (including phenoxy) is 2. The van der Waals surface area contributed by atoms with Crippen molar-refractivity contribution in [3.05, 3.63) is 17.7 Å². The van der Waals surface area contributed by atoms with Crippen LogP contribution < -0.4 is 14.4 Å². The quantitative estimate of drug-likeness (QED) is 0.783. The van der Waals surface area contributed by atoms with Crippen molar-refractivity contribution in [3.8, 4) is 11.5 Å². The van der Waals surface area contributed by atoms with E-state index in [0.717, 1.165) is 6.29 Å². The van der Waals surface area contributed by atoms with Crippen molar-refractivity contribution in [1.82, 2.24) is 0 Å². The summed E-state index contributed by atoms with van der Waals surface area (Å²) >= 11 is 0. The lowest BCUT2D eigenvalue weighted by Gasteiger charge is -2.37. The monoisotopic (exact) mass is 291 g/mol. The highest BCUT2D eigenvalue weighted by atomic mass is 16.5. The van der Waals surface area contributed by atoms with E-state index < -0.39 is 6.10 Å². The van der Waals surface area contributed by atoms with Crippen molar-refractivity contribution in [3.63, 3.8) is 0 Å². The van der Waals surface area contributed by atoms with Crippen LogP contribution in [0.2, 0.25) is 0 Å². The number of fused-ring (bicyclic) bond motifs is 1. The van der Waals surface area contributed by atoms with Gasteiger partial charge in [0.15, 0.2) is 17.6 Å². The van der Waals surface area contributed by atoms with E-state index in [-0.39, 0.29) is 11.9 Å². The third-order valence-electron chi connectivity index (χ3n) is 3.41. The van der Waals surface area contributed by atoms with Crippen LogP contribution in [0.25, 0.3) is 0 Å². The first-order valence-electron chi connectivity index (χ1n) is 7.29. The fourth-order valence-electron chi connectivity index (χ4n) is 2.49. The molecule has 21 heavy (non-hydrogen) atoms. The topological polar surface area (TPSA) is 55.8 Å². The zero-order valence-corrected chi connectivity index (χ0v) is 12.9. The number of rotatable bonds is 5. The number of aldehydes is 1. The molecule has 1 atom stereocenters. The summed E-state index contributed by atoms with van der Waals surface area (Å²) in [5.74, 6) is 0.974. The Hall–Kier alpha value is -2.04. The molecule has 1 aliphatic rings. The molecule has 1 aliphatic heterocycles. The largest absolute Gasteiger partial charge is 0.490 e. The van der Waals surface area contributed by atoms with Crippen LogP contribution >= 0.6 is 0 Å². The summed E-state index contributed by atoms with van der Waals surface area (Å²) in [5, 5.41) is 0. The van der Waals surface area contributed by atoms with Gasteiger partial charge in [0.2, 0.25) is 0 Å². The molecule has 5 nitrogen and oxygen atoms in total. The predicted molar refractivity (Wildman–Crippen MR) is 80.3 cm³/mol. The number of hydrogen-bond acceptors (Lipinski definition) is 4. The van der Waals surface area contributed by atoms with Gasteiger partial charge in [0.1, 0.15) is 6.29 Å². The molecule has 2 rings (SSSR count). The normalized spacial score (nSPS) is 17.5. The zero-order valence-electron chi connectivity index (χ0n) is 12.9. The molecular weight excluding hydrogens is 270 g/mol. The van der Waals surface area contributed by atoms with Gasteiger partial charge in [0, 0.05) is 11.6 Å². The van der Waals surface area contributed by atoms with Crippen LogP contribution in [-0.2, 0) is 4.79 Å². The number of hydrogen-bond donors (Lipinski definition) is 0. The van der Waals surface area contributed by atoms with Crippen molar-refractivity contribution in [2.45, 2.75) is 46.3 Å². The van der Waals surface area contributed by atoms with E-state index in [1.807, 2.05) is 27.7 Å². The van der Waals surface area contributed by atoms with E-state index in [0.29, 0.717) is 35.8 Å². The highest BCUT2D eigenvalue weighted by Gasteiger charge is 2.36. The first-order chi connectivity index (χ1) is 10.0. The number of carbonyl (C=O) groups is 2. The van der Waals surface area contributed by atoms with Crippen LogP contribution in [0.3, 0.4) is 0 Å². The third kappa shape index (κ3) is 2.73. The zero-order chi connectivity index (χ0) is 15.6. The lowest BCUT2D eigenvalue weighted by Crippen LogP contribution is -2.49. The first kappa shape index (κ1) is 15.4. The number of carbonyl (C=O) groups excluding carboxylic acids is 2. The molecule has 114 valence electrons. The second-order valence-electron chi connectivity index (χ2n) is 5.23. The molecule has 1 aromatic rings. The van der Waals surface area contributed by atoms with Crippen molar-refractivity contribution >= 4 is 17.9 Å².